The van der Waals surface area contributed by atoms with E-state index in [1.54, 1.807) is 13.0 Å². The molecule has 102 valence electrons. The number of hydrogen-bond acceptors (Lipinski definition) is 2. The lowest BCUT2D eigenvalue weighted by Gasteiger charge is -2.31. The molecule has 0 bridgehead atoms. The molecule has 0 amide bonds. The van der Waals surface area contributed by atoms with Gasteiger partial charge in [-0.3, -0.25) is 0 Å². The van der Waals surface area contributed by atoms with E-state index >= 15 is 0 Å². The largest absolute Gasteiger partial charge is 0.418 e. The minimum Gasteiger partial charge on any atom is -0.396 e. The number of anilines is 1. The Balaban J connectivity index is 3.04. The Morgan fingerprint density at radius 2 is 1.83 bits per heavy atom. The smallest absolute Gasteiger partial charge is 0.396 e. The first-order chi connectivity index (χ1) is 8.32. The first kappa shape index (κ1) is 14.8. The highest BCUT2D eigenvalue weighted by molar-refractivity contribution is 5.54. The molecule has 0 heterocycles. The second-order valence-electron chi connectivity index (χ2n) is 4.56. The molecule has 1 rings (SSSR count). The van der Waals surface area contributed by atoms with Gasteiger partial charge in [-0.25, -0.2) is 0 Å². The van der Waals surface area contributed by atoms with E-state index in [9.17, 15) is 13.2 Å². The summed E-state index contributed by atoms with van der Waals surface area (Å²) in [6, 6.07) is 5.39. The Kier molecular flexibility index (Phi) is 4.62. The molecular formula is C13H18F3NO. The van der Waals surface area contributed by atoms with E-state index < -0.39 is 17.3 Å². The van der Waals surface area contributed by atoms with Crippen LogP contribution in [0.5, 0.6) is 0 Å². The van der Waals surface area contributed by atoms with Crippen LogP contribution in [-0.4, -0.2) is 17.3 Å². The summed E-state index contributed by atoms with van der Waals surface area (Å²) in [5, 5.41) is 11.9. The van der Waals surface area contributed by atoms with Gasteiger partial charge in [-0.2, -0.15) is 13.2 Å². The van der Waals surface area contributed by atoms with Crippen LogP contribution in [0.2, 0.25) is 0 Å². The van der Waals surface area contributed by atoms with Gasteiger partial charge in [-0.05, 0) is 31.9 Å². The highest BCUT2D eigenvalue weighted by Gasteiger charge is 2.34. The Labute approximate surface area is 105 Å². The number of alkyl halides is 3. The summed E-state index contributed by atoms with van der Waals surface area (Å²) in [7, 11) is 0. The van der Waals surface area contributed by atoms with Gasteiger partial charge in [0.1, 0.15) is 0 Å². The van der Waals surface area contributed by atoms with E-state index in [-0.39, 0.29) is 12.3 Å². The molecule has 1 atom stereocenters. The van der Waals surface area contributed by atoms with E-state index in [1.165, 1.54) is 12.1 Å². The fourth-order valence-electron chi connectivity index (χ4n) is 1.74. The third-order valence-corrected chi connectivity index (χ3v) is 3.11. The zero-order valence-electron chi connectivity index (χ0n) is 10.5. The quantitative estimate of drug-likeness (QED) is 0.847. The fourth-order valence-corrected chi connectivity index (χ4v) is 1.74. The van der Waals surface area contributed by atoms with Crippen molar-refractivity contribution >= 4 is 5.69 Å². The number of aliphatic hydroxyl groups excluding tert-OH is 1. The second-order valence-corrected chi connectivity index (χ2v) is 4.56. The molecule has 18 heavy (non-hydrogen) atoms. The van der Waals surface area contributed by atoms with Crippen LogP contribution in [0.4, 0.5) is 18.9 Å². The molecule has 0 fully saturated rings. The molecule has 5 heteroatoms. The molecule has 2 N–H and O–H groups in total. The Bertz CT molecular complexity index is 392. The van der Waals surface area contributed by atoms with Gasteiger partial charge in [-0.15, -0.1) is 0 Å². The van der Waals surface area contributed by atoms with Gasteiger partial charge in [0.25, 0.3) is 0 Å². The minimum absolute atomic E-state index is 0.0581. The van der Waals surface area contributed by atoms with Gasteiger partial charge in [-0.1, -0.05) is 19.1 Å². The number of halogens is 3. The number of aliphatic hydroxyl groups is 1. The maximum absolute atomic E-state index is 12.8. The van der Waals surface area contributed by atoms with Gasteiger partial charge >= 0.3 is 6.18 Å². The zero-order chi connectivity index (χ0) is 13.8. The Morgan fingerprint density at radius 3 is 2.33 bits per heavy atom. The molecule has 0 radical (unpaired) electrons. The molecule has 1 unspecified atom stereocenters. The average Bonchev–Trinajstić information content (AvgIpc) is 2.28. The van der Waals surface area contributed by atoms with E-state index in [0.29, 0.717) is 12.8 Å². The van der Waals surface area contributed by atoms with Crippen LogP contribution < -0.4 is 5.32 Å². The summed E-state index contributed by atoms with van der Waals surface area (Å²) in [5.74, 6) is 0. The van der Waals surface area contributed by atoms with E-state index in [1.807, 2.05) is 6.92 Å². The van der Waals surface area contributed by atoms with Gasteiger partial charge in [0.05, 0.1) is 5.56 Å². The van der Waals surface area contributed by atoms with Crippen LogP contribution in [0.3, 0.4) is 0 Å². The molecular weight excluding hydrogens is 243 g/mol. The molecule has 0 aliphatic heterocycles. The van der Waals surface area contributed by atoms with Crippen LogP contribution in [-0.2, 0) is 6.18 Å². The van der Waals surface area contributed by atoms with Crippen molar-refractivity contribution in [2.75, 3.05) is 11.9 Å². The molecule has 0 saturated carbocycles. The number of rotatable bonds is 5. The van der Waals surface area contributed by atoms with Gasteiger partial charge in [0.2, 0.25) is 0 Å². The van der Waals surface area contributed by atoms with Crippen molar-refractivity contribution in [1.29, 1.82) is 0 Å². The molecule has 0 spiro atoms. The standard InChI is InChI=1S/C13H18F3NO/c1-3-12(2,8-9-18)17-11-7-5-4-6-10(11)13(14,15)16/h4-7,17-18H,3,8-9H2,1-2H3. The molecule has 1 aromatic rings. The lowest BCUT2D eigenvalue weighted by molar-refractivity contribution is -0.137. The monoisotopic (exact) mass is 261 g/mol. The van der Waals surface area contributed by atoms with Gasteiger partial charge in [0, 0.05) is 17.8 Å². The first-order valence-corrected chi connectivity index (χ1v) is 5.87. The third kappa shape index (κ3) is 3.63. The SMILES string of the molecule is CCC(C)(CCO)Nc1ccccc1C(F)(F)F. The second kappa shape index (κ2) is 5.61. The minimum atomic E-state index is -4.38. The average molecular weight is 261 g/mol. The van der Waals surface area contributed by atoms with Crippen molar-refractivity contribution in [2.45, 2.75) is 38.4 Å². The number of hydrogen-bond donors (Lipinski definition) is 2. The van der Waals surface area contributed by atoms with E-state index in [2.05, 4.69) is 5.32 Å². The Hall–Kier alpha value is -1.23. The lowest BCUT2D eigenvalue weighted by atomic mass is 9.94. The van der Waals surface area contributed by atoms with Gasteiger partial charge < -0.3 is 10.4 Å². The van der Waals surface area contributed by atoms with Crippen LogP contribution >= 0.6 is 0 Å². The van der Waals surface area contributed by atoms with Crippen molar-refractivity contribution in [3.63, 3.8) is 0 Å². The van der Waals surface area contributed by atoms with Crippen LogP contribution in [0, 0.1) is 0 Å². The summed E-state index contributed by atoms with van der Waals surface area (Å²) in [6.07, 6.45) is -3.35. The highest BCUT2D eigenvalue weighted by Crippen LogP contribution is 2.36. The predicted octanol–water partition coefficient (Wildman–Crippen LogP) is 3.67. The van der Waals surface area contributed by atoms with Gasteiger partial charge in [0.15, 0.2) is 0 Å². The topological polar surface area (TPSA) is 32.3 Å². The van der Waals surface area contributed by atoms with Crippen molar-refractivity contribution in [2.24, 2.45) is 0 Å². The molecule has 1 aromatic carbocycles. The Morgan fingerprint density at radius 1 is 1.22 bits per heavy atom. The van der Waals surface area contributed by atoms with E-state index in [4.69, 9.17) is 5.11 Å². The van der Waals surface area contributed by atoms with Crippen molar-refractivity contribution in [3.8, 4) is 0 Å². The molecule has 0 aromatic heterocycles. The predicted molar refractivity (Wildman–Crippen MR) is 65.5 cm³/mol. The van der Waals surface area contributed by atoms with Crippen molar-refractivity contribution in [3.05, 3.63) is 29.8 Å². The van der Waals surface area contributed by atoms with Crippen LogP contribution in [0.1, 0.15) is 32.3 Å². The first-order valence-electron chi connectivity index (χ1n) is 5.87. The summed E-state index contributed by atoms with van der Waals surface area (Å²) >= 11 is 0. The maximum atomic E-state index is 12.8. The third-order valence-electron chi connectivity index (χ3n) is 3.11. The summed E-state index contributed by atoms with van der Waals surface area (Å²) in [4.78, 5) is 0. The number of nitrogens with one attached hydrogen (secondary N) is 1. The fraction of sp³-hybridized carbons (Fsp3) is 0.538. The normalized spacial score (nSPS) is 15.2. The molecule has 0 saturated heterocycles. The van der Waals surface area contributed by atoms with Crippen molar-refractivity contribution in [1.82, 2.24) is 0 Å². The number of benzene rings is 1. The van der Waals surface area contributed by atoms with Crippen LogP contribution in [0.15, 0.2) is 24.3 Å². The molecule has 0 aliphatic rings. The van der Waals surface area contributed by atoms with Crippen LogP contribution in [0.25, 0.3) is 0 Å². The summed E-state index contributed by atoms with van der Waals surface area (Å²) in [5.41, 5.74) is -1.17. The maximum Gasteiger partial charge on any atom is 0.418 e. The lowest BCUT2D eigenvalue weighted by Crippen LogP contribution is -2.35. The zero-order valence-corrected chi connectivity index (χ0v) is 10.5. The molecule has 0 aliphatic carbocycles. The highest BCUT2D eigenvalue weighted by atomic mass is 19.4. The van der Waals surface area contributed by atoms with Crippen molar-refractivity contribution < 1.29 is 18.3 Å². The van der Waals surface area contributed by atoms with E-state index in [0.717, 1.165) is 6.07 Å². The molecule has 2 nitrogen and oxygen atoms in total. The summed E-state index contributed by atoms with van der Waals surface area (Å²) in [6.45, 7) is 3.61. The summed E-state index contributed by atoms with van der Waals surface area (Å²) < 4.78 is 38.5. The number of para-hydroxylation sites is 1.